The molecule has 4 aromatic rings. The number of ether oxygens (including phenoxy) is 1. The van der Waals surface area contributed by atoms with Crippen LogP contribution >= 0.6 is 34.7 Å². The fourth-order valence-electron chi connectivity index (χ4n) is 2.62. The van der Waals surface area contributed by atoms with E-state index in [1.165, 1.54) is 17.9 Å². The van der Waals surface area contributed by atoms with Crippen molar-refractivity contribution in [2.24, 2.45) is 0 Å². The number of nitrogens with zero attached hydrogens (tertiary/aromatic N) is 4. The summed E-state index contributed by atoms with van der Waals surface area (Å²) in [5.74, 6) is 1.46. The summed E-state index contributed by atoms with van der Waals surface area (Å²) in [6.07, 6.45) is 1.41. The Morgan fingerprint density at radius 3 is 2.73 bits per heavy atom. The number of halogens is 2. The maximum absolute atomic E-state index is 6.38. The summed E-state index contributed by atoms with van der Waals surface area (Å²) in [6.45, 7) is 0.226. The lowest BCUT2D eigenvalue weighted by Crippen LogP contribution is -2.01. The Labute approximate surface area is 162 Å². The average molecular weight is 404 g/mol. The van der Waals surface area contributed by atoms with Crippen LogP contribution in [0.4, 0.5) is 5.82 Å². The van der Waals surface area contributed by atoms with Crippen LogP contribution in [-0.2, 0) is 6.61 Å². The number of aromatic nitrogens is 4. The van der Waals surface area contributed by atoms with Crippen LogP contribution in [0.25, 0.3) is 22.0 Å². The van der Waals surface area contributed by atoms with Crippen LogP contribution in [0.2, 0.25) is 10.0 Å². The highest BCUT2D eigenvalue weighted by atomic mass is 35.5. The molecule has 0 bridgehead atoms. The van der Waals surface area contributed by atoms with Gasteiger partial charge in [0.1, 0.15) is 30.0 Å². The molecule has 4 rings (SSSR count). The highest BCUT2D eigenvalue weighted by Gasteiger charge is 2.16. The van der Waals surface area contributed by atoms with Crippen molar-refractivity contribution in [1.82, 2.24) is 19.3 Å². The predicted molar refractivity (Wildman–Crippen MR) is 104 cm³/mol. The summed E-state index contributed by atoms with van der Waals surface area (Å²) in [6, 6.07) is 9.12. The first-order valence-electron chi connectivity index (χ1n) is 7.50. The minimum Gasteiger partial charge on any atom is -0.485 e. The fraction of sp³-hybridized carbons (Fsp3) is 0.0588. The molecule has 26 heavy (non-hydrogen) atoms. The van der Waals surface area contributed by atoms with Crippen LogP contribution in [-0.4, -0.2) is 19.3 Å². The monoisotopic (exact) mass is 403 g/mol. The maximum atomic E-state index is 6.38. The van der Waals surface area contributed by atoms with E-state index in [2.05, 4.69) is 19.3 Å². The van der Waals surface area contributed by atoms with Crippen LogP contribution in [0.3, 0.4) is 0 Å². The molecule has 0 aliphatic heterocycles. The number of benzene rings is 2. The van der Waals surface area contributed by atoms with Gasteiger partial charge in [-0.1, -0.05) is 35.3 Å². The second-order valence-electron chi connectivity index (χ2n) is 5.33. The highest BCUT2D eigenvalue weighted by Crippen LogP contribution is 2.40. The van der Waals surface area contributed by atoms with Crippen molar-refractivity contribution in [2.45, 2.75) is 6.61 Å². The summed E-state index contributed by atoms with van der Waals surface area (Å²) in [7, 11) is 0. The molecule has 130 valence electrons. The van der Waals surface area contributed by atoms with Crippen LogP contribution in [0.1, 0.15) is 5.82 Å². The molecule has 0 aliphatic rings. The standard InChI is InChI=1S/C17H11Cl2N5OS/c18-11-3-1-2-9(15(11)19)10-4-5-12(25-6-13-23-8-26-24-13)14-16(10)21-7-22-17(14)20/h1-5,7-8H,6H2,(H2,20,21,22). The van der Waals surface area contributed by atoms with Crippen molar-refractivity contribution in [3.63, 3.8) is 0 Å². The Bertz CT molecular complexity index is 1090. The Balaban J connectivity index is 1.85. The van der Waals surface area contributed by atoms with Crippen molar-refractivity contribution in [2.75, 3.05) is 5.73 Å². The topological polar surface area (TPSA) is 86.8 Å². The summed E-state index contributed by atoms with van der Waals surface area (Å²) in [4.78, 5) is 12.6. The summed E-state index contributed by atoms with van der Waals surface area (Å²) in [5.41, 5.74) is 9.93. The molecule has 2 aromatic carbocycles. The summed E-state index contributed by atoms with van der Waals surface area (Å²) < 4.78 is 9.98. The minimum atomic E-state index is 0.226. The molecule has 0 radical (unpaired) electrons. The molecule has 2 heterocycles. The molecule has 0 aliphatic carbocycles. The van der Waals surface area contributed by atoms with Crippen LogP contribution in [0, 0.1) is 0 Å². The molecular formula is C17H11Cl2N5OS. The molecule has 0 saturated heterocycles. The van der Waals surface area contributed by atoms with Crippen molar-refractivity contribution in [3.8, 4) is 16.9 Å². The Kier molecular flexibility index (Phi) is 4.58. The fourth-order valence-corrected chi connectivity index (χ4v) is 3.46. The van der Waals surface area contributed by atoms with E-state index < -0.39 is 0 Å². The van der Waals surface area contributed by atoms with Crippen LogP contribution in [0.5, 0.6) is 5.75 Å². The Hall–Kier alpha value is -2.48. The van der Waals surface area contributed by atoms with E-state index in [1.54, 1.807) is 17.6 Å². The third kappa shape index (κ3) is 3.05. The number of fused-ring (bicyclic) bond motifs is 1. The molecule has 0 spiro atoms. The van der Waals surface area contributed by atoms with Gasteiger partial charge >= 0.3 is 0 Å². The quantitative estimate of drug-likeness (QED) is 0.534. The molecule has 0 unspecified atom stereocenters. The number of nitrogens with two attached hydrogens (primary N) is 1. The van der Waals surface area contributed by atoms with E-state index in [0.29, 0.717) is 38.3 Å². The van der Waals surface area contributed by atoms with Crippen molar-refractivity contribution < 1.29 is 4.74 Å². The second-order valence-corrected chi connectivity index (χ2v) is 6.72. The number of rotatable bonds is 4. The molecule has 9 heteroatoms. The zero-order chi connectivity index (χ0) is 18.1. The van der Waals surface area contributed by atoms with Crippen molar-refractivity contribution >= 4 is 51.5 Å². The number of hydrogen-bond donors (Lipinski definition) is 1. The van der Waals surface area contributed by atoms with E-state index in [9.17, 15) is 0 Å². The number of hydrogen-bond acceptors (Lipinski definition) is 7. The summed E-state index contributed by atoms with van der Waals surface area (Å²) >= 11 is 13.8. The lowest BCUT2D eigenvalue weighted by atomic mass is 10.0. The van der Waals surface area contributed by atoms with Crippen molar-refractivity contribution in [1.29, 1.82) is 0 Å². The minimum absolute atomic E-state index is 0.226. The average Bonchev–Trinajstić information content (AvgIpc) is 3.16. The van der Waals surface area contributed by atoms with E-state index in [0.717, 1.165) is 11.1 Å². The van der Waals surface area contributed by atoms with Gasteiger partial charge in [-0.05, 0) is 29.7 Å². The first-order chi connectivity index (χ1) is 12.6. The van der Waals surface area contributed by atoms with Gasteiger partial charge in [0, 0.05) is 11.1 Å². The zero-order valence-corrected chi connectivity index (χ0v) is 15.5. The first-order valence-corrected chi connectivity index (χ1v) is 9.10. The van der Waals surface area contributed by atoms with E-state index in [1.807, 2.05) is 18.2 Å². The van der Waals surface area contributed by atoms with Crippen LogP contribution in [0.15, 0.2) is 42.2 Å². The molecule has 0 atom stereocenters. The zero-order valence-electron chi connectivity index (χ0n) is 13.2. The lowest BCUT2D eigenvalue weighted by Gasteiger charge is -2.13. The SMILES string of the molecule is Nc1ncnc2c(-c3cccc(Cl)c3Cl)ccc(OCc3ncsn3)c12. The number of nitrogen functional groups attached to an aromatic ring is 1. The normalized spacial score (nSPS) is 11.0. The molecule has 6 nitrogen and oxygen atoms in total. The third-order valence-corrected chi connectivity index (χ3v) is 5.12. The molecule has 0 amide bonds. The second kappa shape index (κ2) is 7.03. The smallest absolute Gasteiger partial charge is 0.179 e. The van der Waals surface area contributed by atoms with E-state index in [-0.39, 0.29) is 6.61 Å². The van der Waals surface area contributed by atoms with E-state index in [4.69, 9.17) is 33.7 Å². The van der Waals surface area contributed by atoms with Gasteiger partial charge in [-0.2, -0.15) is 4.37 Å². The van der Waals surface area contributed by atoms with Gasteiger partial charge in [-0.3, -0.25) is 0 Å². The van der Waals surface area contributed by atoms with E-state index >= 15 is 0 Å². The first kappa shape index (κ1) is 17.0. The highest BCUT2D eigenvalue weighted by molar-refractivity contribution is 7.03. The number of anilines is 1. The maximum Gasteiger partial charge on any atom is 0.179 e. The molecular weight excluding hydrogens is 393 g/mol. The molecule has 0 fully saturated rings. The lowest BCUT2D eigenvalue weighted by molar-refractivity contribution is 0.301. The largest absolute Gasteiger partial charge is 0.485 e. The van der Waals surface area contributed by atoms with Gasteiger partial charge in [-0.15, -0.1) is 0 Å². The van der Waals surface area contributed by atoms with Crippen LogP contribution < -0.4 is 10.5 Å². The van der Waals surface area contributed by atoms with Gasteiger partial charge in [-0.25, -0.2) is 15.0 Å². The van der Waals surface area contributed by atoms with Gasteiger partial charge < -0.3 is 10.5 Å². The molecule has 0 saturated carbocycles. The molecule has 2 aromatic heterocycles. The predicted octanol–water partition coefficient (Wildman–Crippen LogP) is 4.62. The van der Waals surface area contributed by atoms with Crippen molar-refractivity contribution in [3.05, 3.63) is 58.0 Å². The third-order valence-electron chi connectivity index (χ3n) is 3.78. The Morgan fingerprint density at radius 2 is 1.92 bits per heavy atom. The van der Waals surface area contributed by atoms with Gasteiger partial charge in [0.2, 0.25) is 0 Å². The Morgan fingerprint density at radius 1 is 1.04 bits per heavy atom. The van der Waals surface area contributed by atoms with Gasteiger partial charge in [0.15, 0.2) is 5.82 Å². The molecule has 2 N–H and O–H groups in total. The summed E-state index contributed by atoms with van der Waals surface area (Å²) in [5, 5.41) is 1.53. The van der Waals surface area contributed by atoms with Gasteiger partial charge in [0.25, 0.3) is 0 Å². The van der Waals surface area contributed by atoms with Gasteiger partial charge in [0.05, 0.1) is 20.9 Å².